The average Bonchev–Trinajstić information content (AvgIpc) is 2.93. The van der Waals surface area contributed by atoms with Crippen LogP contribution in [0.5, 0.6) is 5.75 Å². The Labute approximate surface area is 201 Å². The lowest BCUT2D eigenvalue weighted by atomic mass is 9.95. The number of hydrogen-bond donors (Lipinski definition) is 0. The fourth-order valence-electron chi connectivity index (χ4n) is 3.96. The lowest BCUT2D eigenvalue weighted by Gasteiger charge is -2.42. The Morgan fingerprint density at radius 1 is 1.06 bits per heavy atom. The number of carbonyl (C=O) groups excluding carboxylic acids is 1. The number of nitrogens with zero attached hydrogens (tertiary/aromatic N) is 1. The molecule has 180 valence electrons. The Morgan fingerprint density at radius 3 is 2.27 bits per heavy atom. The smallest absolute Gasteiger partial charge is 0.329 e. The number of rotatable bonds is 6. The SMILES string of the molecule is COc1ccc(S(=O)(=O)N2CCCCC(Sc3ccccc3)C2(C)C(=O)OC(C)(C)C)cc1. The van der Waals surface area contributed by atoms with Gasteiger partial charge in [0.2, 0.25) is 10.0 Å². The fourth-order valence-corrected chi connectivity index (χ4v) is 7.21. The standard InChI is InChI=1S/C25H33NO5S2/c1-24(2,3)31-23(27)25(4)22(32-20-11-7-6-8-12-20)13-9-10-18-26(25)33(28,29)21-16-14-19(30-5)15-17-21/h6-8,11-12,14-17,22H,9-10,13,18H2,1-5H3. The van der Waals surface area contributed by atoms with E-state index >= 15 is 0 Å². The molecule has 0 radical (unpaired) electrons. The van der Waals surface area contributed by atoms with Crippen LogP contribution < -0.4 is 4.74 Å². The molecule has 0 bridgehead atoms. The third kappa shape index (κ3) is 5.73. The van der Waals surface area contributed by atoms with Crippen LogP contribution in [-0.2, 0) is 19.6 Å². The van der Waals surface area contributed by atoms with E-state index in [1.165, 1.54) is 35.3 Å². The number of hydrogen-bond acceptors (Lipinski definition) is 6. The van der Waals surface area contributed by atoms with Crippen molar-refractivity contribution in [3.63, 3.8) is 0 Å². The zero-order valence-corrected chi connectivity index (χ0v) is 21.5. The maximum Gasteiger partial charge on any atom is 0.329 e. The summed E-state index contributed by atoms with van der Waals surface area (Å²) in [4.78, 5) is 14.8. The first kappa shape index (κ1) is 25.6. The Hall–Kier alpha value is -2.03. The molecular formula is C25H33NO5S2. The minimum Gasteiger partial charge on any atom is -0.497 e. The topological polar surface area (TPSA) is 72.9 Å². The maximum absolute atomic E-state index is 13.9. The van der Waals surface area contributed by atoms with Gasteiger partial charge in [0, 0.05) is 16.7 Å². The molecule has 2 aromatic carbocycles. The summed E-state index contributed by atoms with van der Waals surface area (Å²) >= 11 is 1.53. The summed E-state index contributed by atoms with van der Waals surface area (Å²) in [5.41, 5.74) is -2.13. The molecule has 0 aromatic heterocycles. The minimum atomic E-state index is -3.98. The van der Waals surface area contributed by atoms with E-state index in [1.807, 2.05) is 30.3 Å². The van der Waals surface area contributed by atoms with Crippen molar-refractivity contribution in [2.75, 3.05) is 13.7 Å². The lowest BCUT2D eigenvalue weighted by Crippen LogP contribution is -2.61. The number of ether oxygens (including phenoxy) is 2. The van der Waals surface area contributed by atoms with Crippen LogP contribution in [0.15, 0.2) is 64.4 Å². The molecule has 1 fully saturated rings. The monoisotopic (exact) mass is 491 g/mol. The normalized spacial score (nSPS) is 22.4. The summed E-state index contributed by atoms with van der Waals surface area (Å²) in [7, 11) is -2.45. The number of carbonyl (C=O) groups is 1. The van der Waals surface area contributed by atoms with Crippen LogP contribution >= 0.6 is 11.8 Å². The highest BCUT2D eigenvalue weighted by atomic mass is 32.2. The van der Waals surface area contributed by atoms with E-state index in [0.717, 1.165) is 11.3 Å². The van der Waals surface area contributed by atoms with Gasteiger partial charge in [-0.3, -0.25) is 0 Å². The Bertz CT molecular complexity index is 1050. The van der Waals surface area contributed by atoms with E-state index in [1.54, 1.807) is 39.8 Å². The number of esters is 1. The summed E-state index contributed by atoms with van der Waals surface area (Å²) in [5, 5.41) is -0.315. The molecule has 8 heteroatoms. The summed E-state index contributed by atoms with van der Waals surface area (Å²) in [6.45, 7) is 7.36. The van der Waals surface area contributed by atoms with Crippen molar-refractivity contribution in [2.45, 2.75) is 73.1 Å². The van der Waals surface area contributed by atoms with Crippen LogP contribution in [-0.4, -0.2) is 48.7 Å². The van der Waals surface area contributed by atoms with Crippen molar-refractivity contribution in [3.8, 4) is 5.75 Å². The van der Waals surface area contributed by atoms with E-state index < -0.39 is 27.1 Å². The summed E-state index contributed by atoms with van der Waals surface area (Å²) in [6, 6.07) is 16.1. The van der Waals surface area contributed by atoms with E-state index in [4.69, 9.17) is 9.47 Å². The molecule has 1 heterocycles. The van der Waals surface area contributed by atoms with Crippen molar-refractivity contribution in [1.82, 2.24) is 4.31 Å². The van der Waals surface area contributed by atoms with E-state index in [9.17, 15) is 13.2 Å². The van der Waals surface area contributed by atoms with Gasteiger partial charge in [-0.15, -0.1) is 11.8 Å². The van der Waals surface area contributed by atoms with E-state index in [0.29, 0.717) is 18.6 Å². The van der Waals surface area contributed by atoms with Gasteiger partial charge < -0.3 is 9.47 Å². The van der Waals surface area contributed by atoms with Gasteiger partial charge in [0.15, 0.2) is 0 Å². The number of sulfonamides is 1. The molecule has 2 unspecified atom stereocenters. The van der Waals surface area contributed by atoms with Gasteiger partial charge in [-0.2, -0.15) is 4.31 Å². The molecule has 3 rings (SSSR count). The Morgan fingerprint density at radius 2 is 1.70 bits per heavy atom. The van der Waals surface area contributed by atoms with Crippen molar-refractivity contribution >= 4 is 27.8 Å². The molecule has 2 atom stereocenters. The molecule has 1 aliphatic rings. The molecule has 33 heavy (non-hydrogen) atoms. The average molecular weight is 492 g/mol. The van der Waals surface area contributed by atoms with Crippen LogP contribution in [0.1, 0.15) is 47.0 Å². The Balaban J connectivity index is 2.10. The van der Waals surface area contributed by atoms with E-state index in [-0.39, 0.29) is 16.7 Å². The van der Waals surface area contributed by atoms with Gasteiger partial charge in [0.1, 0.15) is 16.9 Å². The summed E-state index contributed by atoms with van der Waals surface area (Å²) < 4.78 is 40.1. The predicted molar refractivity (Wildman–Crippen MR) is 131 cm³/mol. The third-order valence-electron chi connectivity index (χ3n) is 5.70. The fraction of sp³-hybridized carbons (Fsp3) is 0.480. The lowest BCUT2D eigenvalue weighted by molar-refractivity contribution is -0.165. The highest BCUT2D eigenvalue weighted by Crippen LogP contribution is 2.43. The molecule has 1 saturated heterocycles. The molecule has 0 saturated carbocycles. The molecule has 0 N–H and O–H groups in total. The summed E-state index contributed by atoms with van der Waals surface area (Å²) in [5.74, 6) is 0.0413. The van der Waals surface area contributed by atoms with Gasteiger partial charge in [0.25, 0.3) is 0 Å². The van der Waals surface area contributed by atoms with Crippen molar-refractivity contribution in [3.05, 3.63) is 54.6 Å². The first-order chi connectivity index (χ1) is 15.5. The molecule has 0 amide bonds. The summed E-state index contributed by atoms with van der Waals surface area (Å²) in [6.07, 6.45) is 2.18. The zero-order chi connectivity index (χ0) is 24.3. The first-order valence-corrected chi connectivity index (χ1v) is 13.4. The molecular weight excluding hydrogens is 458 g/mol. The van der Waals surface area contributed by atoms with Gasteiger partial charge >= 0.3 is 5.97 Å². The van der Waals surface area contributed by atoms with Gasteiger partial charge in [-0.25, -0.2) is 13.2 Å². The minimum absolute atomic E-state index is 0.128. The largest absolute Gasteiger partial charge is 0.497 e. The molecule has 0 spiro atoms. The quantitative estimate of drug-likeness (QED) is 0.522. The van der Waals surface area contributed by atoms with Crippen molar-refractivity contribution in [1.29, 1.82) is 0 Å². The first-order valence-electron chi connectivity index (χ1n) is 11.1. The second-order valence-electron chi connectivity index (χ2n) is 9.32. The van der Waals surface area contributed by atoms with Crippen molar-refractivity contribution in [2.24, 2.45) is 0 Å². The van der Waals surface area contributed by atoms with Crippen molar-refractivity contribution < 1.29 is 22.7 Å². The van der Waals surface area contributed by atoms with Crippen LogP contribution in [0.25, 0.3) is 0 Å². The highest BCUT2D eigenvalue weighted by Gasteiger charge is 2.54. The second kappa shape index (κ2) is 10.1. The van der Waals surface area contributed by atoms with Gasteiger partial charge in [-0.1, -0.05) is 24.6 Å². The van der Waals surface area contributed by atoms with Crippen LogP contribution in [0.2, 0.25) is 0 Å². The zero-order valence-electron chi connectivity index (χ0n) is 19.9. The number of methoxy groups -OCH3 is 1. The van der Waals surface area contributed by atoms with E-state index in [2.05, 4.69) is 0 Å². The van der Waals surface area contributed by atoms with Gasteiger partial charge in [-0.05, 0) is 76.9 Å². The van der Waals surface area contributed by atoms with Gasteiger partial charge in [0.05, 0.1) is 12.0 Å². The second-order valence-corrected chi connectivity index (χ2v) is 12.5. The number of thioether (sulfide) groups is 1. The predicted octanol–water partition coefficient (Wildman–Crippen LogP) is 5.13. The third-order valence-corrected chi connectivity index (χ3v) is 9.24. The number of benzene rings is 2. The Kier molecular flexibility index (Phi) is 7.81. The molecule has 6 nitrogen and oxygen atoms in total. The highest BCUT2D eigenvalue weighted by molar-refractivity contribution is 8.00. The molecule has 1 aliphatic heterocycles. The maximum atomic E-state index is 13.9. The van der Waals surface area contributed by atoms with Crippen LogP contribution in [0, 0.1) is 0 Å². The molecule has 0 aliphatic carbocycles. The molecule has 2 aromatic rings. The van der Waals surface area contributed by atoms with Crippen LogP contribution in [0.4, 0.5) is 0 Å². The van der Waals surface area contributed by atoms with Crippen LogP contribution in [0.3, 0.4) is 0 Å².